The summed E-state index contributed by atoms with van der Waals surface area (Å²) in [6, 6.07) is 24.1. The molecular weight excluding hydrogens is 792 g/mol. The molecule has 294 valence electrons. The van der Waals surface area contributed by atoms with Crippen LogP contribution in [0.1, 0.15) is 118 Å². The number of nitrogen functional groups attached to an aromatic ring is 1. The van der Waals surface area contributed by atoms with E-state index in [-0.39, 0.29) is 10.3 Å². The summed E-state index contributed by atoms with van der Waals surface area (Å²) in [4.78, 5) is 0. The summed E-state index contributed by atoms with van der Waals surface area (Å²) in [6.07, 6.45) is 1.05. The summed E-state index contributed by atoms with van der Waals surface area (Å²) >= 11 is -0.483. The Morgan fingerprint density at radius 3 is 1.57 bits per heavy atom. The molecule has 53 heavy (non-hydrogen) atoms. The Morgan fingerprint density at radius 2 is 1.13 bits per heavy atom. The van der Waals surface area contributed by atoms with Crippen molar-refractivity contribution in [2.45, 2.75) is 111 Å². The van der Waals surface area contributed by atoms with E-state index in [1.807, 2.05) is 55.6 Å². The van der Waals surface area contributed by atoms with Crippen LogP contribution in [0.3, 0.4) is 0 Å². The normalized spacial score (nSPS) is 12.4. The SMILES string of the molecule is COc1ccc(OC)c(P(C(C)(C)C)C(C)(C)C)c1-c1c(C(C)C)cc(C(C)C)cc1C(C)C.CS(=O)(=O)[O][Pd][c]1ccccc1-c1ccccc1N. The van der Waals surface area contributed by atoms with E-state index in [9.17, 15) is 8.42 Å². The number of ether oxygens (including phenoxy) is 2. The van der Waals surface area contributed by atoms with Crippen molar-refractivity contribution in [3.05, 3.63) is 89.5 Å². The van der Waals surface area contributed by atoms with E-state index in [1.165, 1.54) is 33.1 Å². The van der Waals surface area contributed by atoms with Gasteiger partial charge in [-0.15, -0.1) is 0 Å². The zero-order valence-corrected chi connectivity index (χ0v) is 37.7. The van der Waals surface area contributed by atoms with Crippen LogP contribution in [-0.4, -0.2) is 39.2 Å². The number of nitrogens with two attached hydrogens (primary N) is 1. The Labute approximate surface area is 331 Å². The van der Waals surface area contributed by atoms with Crippen molar-refractivity contribution in [3.63, 3.8) is 0 Å². The molecule has 6 nitrogen and oxygen atoms in total. The molecular formula is C44H62NO5PPdS. The van der Waals surface area contributed by atoms with Gasteiger partial charge >= 0.3 is 121 Å². The van der Waals surface area contributed by atoms with E-state index in [0.717, 1.165) is 32.9 Å². The van der Waals surface area contributed by atoms with Crippen LogP contribution in [0.4, 0.5) is 5.69 Å². The van der Waals surface area contributed by atoms with E-state index >= 15 is 0 Å². The topological polar surface area (TPSA) is 87.8 Å². The summed E-state index contributed by atoms with van der Waals surface area (Å²) in [5.74, 6) is 3.19. The quantitative estimate of drug-likeness (QED) is 0.0919. The molecule has 4 rings (SSSR count). The molecule has 0 aliphatic heterocycles. The van der Waals surface area contributed by atoms with Gasteiger partial charge in [0.25, 0.3) is 0 Å². The van der Waals surface area contributed by atoms with Crippen LogP contribution < -0.4 is 24.5 Å². The van der Waals surface area contributed by atoms with Crippen LogP contribution in [0.2, 0.25) is 0 Å². The molecule has 9 heteroatoms. The van der Waals surface area contributed by atoms with E-state index in [0.29, 0.717) is 23.4 Å². The molecule has 4 aromatic rings. The van der Waals surface area contributed by atoms with Crippen molar-refractivity contribution in [1.82, 2.24) is 0 Å². The molecule has 0 unspecified atom stereocenters. The summed E-state index contributed by atoms with van der Waals surface area (Å²) in [5.41, 5.74) is 15.2. The number of benzene rings is 4. The third-order valence-corrected chi connectivity index (χ3v) is 15.4. The molecule has 0 fully saturated rings. The van der Waals surface area contributed by atoms with E-state index in [4.69, 9.17) is 18.1 Å². The second-order valence-corrected chi connectivity index (χ2v) is 23.5. The van der Waals surface area contributed by atoms with Gasteiger partial charge < -0.3 is 9.47 Å². The van der Waals surface area contributed by atoms with Crippen LogP contribution in [0.25, 0.3) is 22.3 Å². The van der Waals surface area contributed by atoms with Crippen molar-refractivity contribution in [3.8, 4) is 33.8 Å². The summed E-state index contributed by atoms with van der Waals surface area (Å²) in [6.45, 7) is 28.1. The van der Waals surface area contributed by atoms with Crippen molar-refractivity contribution in [1.29, 1.82) is 0 Å². The summed E-state index contributed by atoms with van der Waals surface area (Å²) in [5, 5.41) is 1.52. The second-order valence-electron chi connectivity index (χ2n) is 16.3. The van der Waals surface area contributed by atoms with Crippen molar-refractivity contribution >= 4 is 33.1 Å². The maximum atomic E-state index is 11.1. The fourth-order valence-corrected chi connectivity index (χ4v) is 13.0. The van der Waals surface area contributed by atoms with Gasteiger partial charge in [-0.25, -0.2) is 0 Å². The first-order chi connectivity index (χ1) is 24.5. The first-order valence-corrected chi connectivity index (χ1v) is 22.8. The zero-order chi connectivity index (χ0) is 40.1. The number of anilines is 1. The third kappa shape index (κ3) is 11.4. The molecule has 0 bridgehead atoms. The van der Waals surface area contributed by atoms with Crippen molar-refractivity contribution in [2.24, 2.45) is 0 Å². The average Bonchev–Trinajstić information content (AvgIpc) is 3.05. The number of rotatable bonds is 11. The number of hydrogen-bond acceptors (Lipinski definition) is 6. The molecule has 0 aliphatic rings. The molecule has 0 aliphatic carbocycles. The molecule has 2 N–H and O–H groups in total. The van der Waals surface area contributed by atoms with Gasteiger partial charge in [0.2, 0.25) is 0 Å². The molecule has 0 aromatic heterocycles. The Balaban J connectivity index is 0.000000334. The molecule has 0 atom stereocenters. The fraction of sp³-hybridized carbons (Fsp3) is 0.455. The first-order valence-electron chi connectivity index (χ1n) is 18.2. The van der Waals surface area contributed by atoms with Gasteiger partial charge in [0.05, 0.1) is 14.2 Å². The average molecular weight is 854 g/mol. The van der Waals surface area contributed by atoms with Crippen LogP contribution in [0, 0.1) is 0 Å². The molecule has 0 radical (unpaired) electrons. The van der Waals surface area contributed by atoms with Crippen LogP contribution in [0.15, 0.2) is 72.8 Å². The van der Waals surface area contributed by atoms with Gasteiger partial charge in [-0.1, -0.05) is 103 Å². The van der Waals surface area contributed by atoms with Crippen LogP contribution in [0.5, 0.6) is 11.5 Å². The maximum absolute atomic E-state index is 11.1. The van der Waals surface area contributed by atoms with Crippen LogP contribution >= 0.6 is 7.92 Å². The predicted octanol–water partition coefficient (Wildman–Crippen LogP) is 11.0. The Hall–Kier alpha value is -2.72. The number of methoxy groups -OCH3 is 2. The Bertz CT molecular complexity index is 1920. The molecule has 0 spiro atoms. The molecule has 0 heterocycles. The monoisotopic (exact) mass is 853 g/mol. The molecule has 0 amide bonds. The van der Waals surface area contributed by atoms with Crippen molar-refractivity contribution in [2.75, 3.05) is 26.2 Å². The summed E-state index contributed by atoms with van der Waals surface area (Å²) in [7, 11) is -0.448. The number of hydrogen-bond donors (Lipinski definition) is 1. The van der Waals surface area contributed by atoms with Gasteiger partial charge in [0.15, 0.2) is 0 Å². The standard InChI is InChI=1S/C31H49O2P.C12H10N.CH4O3S.Pd/c1-19(2)22-17-23(20(3)4)27(24(18-22)21(5)6)28-25(32-13)15-16-26(33-14)29(28)34(30(7,8)9)31(10,11)12;13-12-9-5-4-8-11(12)10-6-2-1-3-7-10;1-5(2,3)4;/h15-21H,1-14H3;1-6,8-9H,13H2;1H3,(H,2,3,4);/q;;;+1/p-1. The van der Waals surface area contributed by atoms with Gasteiger partial charge in [0, 0.05) is 10.9 Å². The van der Waals surface area contributed by atoms with E-state index in [1.54, 1.807) is 7.11 Å². The summed E-state index contributed by atoms with van der Waals surface area (Å²) < 4.78 is 40.1. The predicted molar refractivity (Wildman–Crippen MR) is 225 cm³/mol. The third-order valence-electron chi connectivity index (χ3n) is 8.78. The van der Waals surface area contributed by atoms with Gasteiger partial charge in [0.1, 0.15) is 11.5 Å². The number of para-hydroxylation sites is 1. The van der Waals surface area contributed by atoms with Gasteiger partial charge in [-0.2, -0.15) is 0 Å². The van der Waals surface area contributed by atoms with Gasteiger partial charge in [-0.05, 0) is 62.5 Å². The van der Waals surface area contributed by atoms with Crippen molar-refractivity contribution < 1.29 is 39.2 Å². The van der Waals surface area contributed by atoms with E-state index < -0.39 is 36.4 Å². The Kier molecular flexibility index (Phi) is 15.4. The fourth-order valence-electron chi connectivity index (χ4n) is 6.81. The second kappa shape index (κ2) is 18.3. The Morgan fingerprint density at radius 1 is 0.660 bits per heavy atom. The van der Waals surface area contributed by atoms with Crippen LogP contribution in [-0.2, 0) is 31.4 Å². The minimum absolute atomic E-state index is 0.0931. The minimum atomic E-state index is -3.44. The van der Waals surface area contributed by atoms with E-state index in [2.05, 4.69) is 107 Å². The molecule has 0 saturated carbocycles. The van der Waals surface area contributed by atoms with Gasteiger partial charge in [-0.3, -0.25) is 0 Å². The zero-order valence-electron chi connectivity index (χ0n) is 34.5. The molecule has 4 aromatic carbocycles. The molecule has 0 saturated heterocycles. The first kappa shape index (κ1) is 44.7.